The Kier molecular flexibility index (Phi) is 4.26. The fourth-order valence-electron chi connectivity index (χ4n) is 1.64. The zero-order chi connectivity index (χ0) is 13.0. The summed E-state index contributed by atoms with van der Waals surface area (Å²) in [5, 5.41) is 11.4. The third kappa shape index (κ3) is 3.31. The van der Waals surface area contributed by atoms with E-state index in [1.54, 1.807) is 13.0 Å². The van der Waals surface area contributed by atoms with Crippen LogP contribution in [0.2, 0.25) is 0 Å². The van der Waals surface area contributed by atoms with Crippen molar-refractivity contribution in [1.82, 2.24) is 5.32 Å². The second-order valence-corrected chi connectivity index (χ2v) is 4.09. The van der Waals surface area contributed by atoms with Crippen molar-refractivity contribution < 1.29 is 14.7 Å². The van der Waals surface area contributed by atoms with Crippen LogP contribution >= 0.6 is 0 Å². The van der Waals surface area contributed by atoms with Gasteiger partial charge in [0.2, 0.25) is 0 Å². The Hall–Kier alpha value is -1.84. The molecule has 0 radical (unpaired) electrons. The lowest BCUT2D eigenvalue weighted by Gasteiger charge is -2.13. The molecule has 2 N–H and O–H groups in total. The van der Waals surface area contributed by atoms with Gasteiger partial charge in [-0.15, -0.1) is 0 Å². The number of aryl methyl sites for hydroxylation is 2. The van der Waals surface area contributed by atoms with E-state index in [-0.39, 0.29) is 5.91 Å². The number of hydrogen-bond acceptors (Lipinski definition) is 2. The molecule has 0 saturated heterocycles. The smallest absolute Gasteiger partial charge is 0.326 e. The third-order valence-electron chi connectivity index (χ3n) is 2.64. The van der Waals surface area contributed by atoms with Crippen LogP contribution in [0.5, 0.6) is 0 Å². The Morgan fingerprint density at radius 1 is 1.35 bits per heavy atom. The molecule has 0 unspecified atom stereocenters. The number of carboxylic acid groups (broad SMARTS) is 1. The Bertz CT molecular complexity index is 440. The number of nitrogens with one attached hydrogen (secondary N) is 1. The van der Waals surface area contributed by atoms with Gasteiger partial charge in [-0.1, -0.05) is 24.6 Å². The minimum Gasteiger partial charge on any atom is -0.480 e. The summed E-state index contributed by atoms with van der Waals surface area (Å²) in [6.45, 7) is 5.51. The summed E-state index contributed by atoms with van der Waals surface area (Å²) in [6, 6.07) is 4.62. The number of hydrogen-bond donors (Lipinski definition) is 2. The number of carbonyl (C=O) groups excluding carboxylic acids is 1. The first-order valence-electron chi connectivity index (χ1n) is 5.56. The molecule has 1 amide bonds. The molecule has 1 aromatic rings. The topological polar surface area (TPSA) is 66.4 Å². The van der Waals surface area contributed by atoms with E-state index in [1.165, 1.54) is 0 Å². The van der Waals surface area contributed by atoms with Crippen molar-refractivity contribution in [3.05, 3.63) is 34.9 Å². The van der Waals surface area contributed by atoms with Crippen LogP contribution in [0.25, 0.3) is 0 Å². The van der Waals surface area contributed by atoms with Crippen LogP contribution in [0, 0.1) is 13.8 Å². The van der Waals surface area contributed by atoms with E-state index in [1.807, 2.05) is 26.0 Å². The average Bonchev–Trinajstić information content (AvgIpc) is 2.24. The van der Waals surface area contributed by atoms with Gasteiger partial charge in [-0.25, -0.2) is 4.79 Å². The highest BCUT2D eigenvalue weighted by molar-refractivity contribution is 5.97. The maximum Gasteiger partial charge on any atom is 0.326 e. The van der Waals surface area contributed by atoms with E-state index in [0.717, 1.165) is 11.1 Å². The zero-order valence-corrected chi connectivity index (χ0v) is 10.3. The molecule has 0 saturated carbocycles. The van der Waals surface area contributed by atoms with Crippen molar-refractivity contribution in [2.24, 2.45) is 0 Å². The van der Waals surface area contributed by atoms with Gasteiger partial charge >= 0.3 is 5.97 Å². The third-order valence-corrected chi connectivity index (χ3v) is 2.64. The van der Waals surface area contributed by atoms with E-state index < -0.39 is 12.0 Å². The summed E-state index contributed by atoms with van der Waals surface area (Å²) >= 11 is 0. The highest BCUT2D eigenvalue weighted by Crippen LogP contribution is 2.10. The molecule has 0 spiro atoms. The van der Waals surface area contributed by atoms with Gasteiger partial charge in [-0.05, 0) is 31.9 Å². The van der Waals surface area contributed by atoms with E-state index in [0.29, 0.717) is 12.0 Å². The van der Waals surface area contributed by atoms with Crippen LogP contribution in [0.4, 0.5) is 0 Å². The van der Waals surface area contributed by atoms with Crippen molar-refractivity contribution >= 4 is 11.9 Å². The van der Waals surface area contributed by atoms with Gasteiger partial charge in [0.1, 0.15) is 6.04 Å². The van der Waals surface area contributed by atoms with Gasteiger partial charge in [-0.3, -0.25) is 4.79 Å². The van der Waals surface area contributed by atoms with Crippen LogP contribution in [-0.4, -0.2) is 23.0 Å². The number of carboxylic acids is 1. The normalized spacial score (nSPS) is 11.9. The SMILES string of the molecule is CC[C@H](NC(=O)c1ccc(C)cc1C)C(=O)O. The zero-order valence-electron chi connectivity index (χ0n) is 10.3. The minimum atomic E-state index is -1.01. The second-order valence-electron chi connectivity index (χ2n) is 4.09. The highest BCUT2D eigenvalue weighted by Gasteiger charge is 2.19. The van der Waals surface area contributed by atoms with Gasteiger partial charge in [0.05, 0.1) is 0 Å². The molecule has 0 fully saturated rings. The quantitative estimate of drug-likeness (QED) is 0.837. The molecule has 0 aliphatic carbocycles. The molecule has 1 aromatic carbocycles. The second kappa shape index (κ2) is 5.48. The fraction of sp³-hybridized carbons (Fsp3) is 0.385. The van der Waals surface area contributed by atoms with Gasteiger partial charge in [-0.2, -0.15) is 0 Å². The first-order chi connectivity index (χ1) is 7.95. The Morgan fingerprint density at radius 3 is 2.47 bits per heavy atom. The van der Waals surface area contributed by atoms with Crippen LogP contribution in [0.1, 0.15) is 34.8 Å². The number of amides is 1. The number of aliphatic carboxylic acids is 1. The van der Waals surface area contributed by atoms with Gasteiger partial charge in [0.25, 0.3) is 5.91 Å². The van der Waals surface area contributed by atoms with Crippen molar-refractivity contribution in [2.75, 3.05) is 0 Å². The van der Waals surface area contributed by atoms with Crippen LogP contribution < -0.4 is 5.32 Å². The number of carbonyl (C=O) groups is 2. The maximum absolute atomic E-state index is 11.9. The van der Waals surface area contributed by atoms with Gasteiger partial charge < -0.3 is 10.4 Å². The lowest BCUT2D eigenvalue weighted by molar-refractivity contribution is -0.139. The van der Waals surface area contributed by atoms with Crippen LogP contribution in [-0.2, 0) is 4.79 Å². The minimum absolute atomic E-state index is 0.336. The molecule has 0 aliphatic rings. The van der Waals surface area contributed by atoms with Crippen molar-refractivity contribution in [3.8, 4) is 0 Å². The summed E-state index contributed by atoms with van der Waals surface area (Å²) < 4.78 is 0. The van der Waals surface area contributed by atoms with E-state index in [2.05, 4.69) is 5.32 Å². The Labute approximate surface area is 101 Å². The molecular weight excluding hydrogens is 218 g/mol. The van der Waals surface area contributed by atoms with E-state index >= 15 is 0 Å². The average molecular weight is 235 g/mol. The Morgan fingerprint density at radius 2 is 2.00 bits per heavy atom. The number of benzene rings is 1. The summed E-state index contributed by atoms with van der Waals surface area (Å²) in [5.74, 6) is -1.35. The molecule has 0 heterocycles. The van der Waals surface area contributed by atoms with Crippen LogP contribution in [0.3, 0.4) is 0 Å². The van der Waals surface area contributed by atoms with Crippen molar-refractivity contribution in [2.45, 2.75) is 33.2 Å². The first kappa shape index (κ1) is 13.2. The lowest BCUT2D eigenvalue weighted by atomic mass is 10.0. The molecular formula is C13H17NO3. The predicted octanol–water partition coefficient (Wildman–Crippen LogP) is 1.90. The molecule has 0 aliphatic heterocycles. The Balaban J connectivity index is 2.86. The molecule has 92 valence electrons. The van der Waals surface area contributed by atoms with E-state index in [9.17, 15) is 9.59 Å². The highest BCUT2D eigenvalue weighted by atomic mass is 16.4. The molecule has 1 rings (SSSR count). The molecule has 17 heavy (non-hydrogen) atoms. The summed E-state index contributed by atoms with van der Waals surface area (Å²) in [4.78, 5) is 22.7. The summed E-state index contributed by atoms with van der Waals surface area (Å²) in [5.41, 5.74) is 2.45. The maximum atomic E-state index is 11.9. The summed E-state index contributed by atoms with van der Waals surface area (Å²) in [7, 11) is 0. The van der Waals surface area contributed by atoms with Gasteiger partial charge in [0.15, 0.2) is 0 Å². The predicted molar refractivity (Wildman–Crippen MR) is 65.1 cm³/mol. The molecule has 4 nitrogen and oxygen atoms in total. The molecule has 0 bridgehead atoms. The van der Waals surface area contributed by atoms with Crippen molar-refractivity contribution in [3.63, 3.8) is 0 Å². The van der Waals surface area contributed by atoms with Crippen molar-refractivity contribution in [1.29, 1.82) is 0 Å². The first-order valence-corrected chi connectivity index (χ1v) is 5.56. The summed E-state index contributed by atoms with van der Waals surface area (Å²) in [6.07, 6.45) is 0.367. The largest absolute Gasteiger partial charge is 0.480 e. The number of rotatable bonds is 4. The van der Waals surface area contributed by atoms with Crippen LogP contribution in [0.15, 0.2) is 18.2 Å². The van der Waals surface area contributed by atoms with E-state index in [4.69, 9.17) is 5.11 Å². The standard InChI is InChI=1S/C13H17NO3/c1-4-11(13(16)17)14-12(15)10-6-5-8(2)7-9(10)3/h5-7,11H,4H2,1-3H3,(H,14,15)(H,16,17)/t11-/m0/s1. The fourth-order valence-corrected chi connectivity index (χ4v) is 1.64. The monoisotopic (exact) mass is 235 g/mol. The lowest BCUT2D eigenvalue weighted by Crippen LogP contribution is -2.40. The molecule has 0 aromatic heterocycles. The molecule has 4 heteroatoms. The van der Waals surface area contributed by atoms with Gasteiger partial charge in [0, 0.05) is 5.56 Å². The molecule has 1 atom stereocenters.